The van der Waals surface area contributed by atoms with Crippen molar-refractivity contribution in [2.45, 2.75) is 72.8 Å². The van der Waals surface area contributed by atoms with Gasteiger partial charge in [-0.25, -0.2) is 4.79 Å². The van der Waals surface area contributed by atoms with Crippen molar-refractivity contribution in [3.63, 3.8) is 0 Å². The largest absolute Gasteiger partial charge is 0.490 e. The van der Waals surface area contributed by atoms with Crippen molar-refractivity contribution in [2.24, 2.45) is 0 Å². The Hall–Kier alpha value is -3.25. The van der Waals surface area contributed by atoms with Gasteiger partial charge in [-0.05, 0) is 120 Å². The number of carbonyl (C=O) groups is 2. The van der Waals surface area contributed by atoms with Crippen LogP contribution in [0.1, 0.15) is 75.7 Å². The van der Waals surface area contributed by atoms with Gasteiger partial charge in [0.15, 0.2) is 0 Å². The number of hydrogen-bond acceptors (Lipinski definition) is 4. The summed E-state index contributed by atoms with van der Waals surface area (Å²) in [7, 11) is 0. The predicted octanol–water partition coefficient (Wildman–Crippen LogP) is 8.40. The first-order valence-electron chi connectivity index (χ1n) is 13.9. The fourth-order valence-corrected chi connectivity index (χ4v) is 4.73. The number of rotatable bonds is 16. The topological polar surface area (TPSA) is 75.6 Å². The SMILES string of the molecule is CSCC[C@H](NC(=O)c1ccc(OC/C=C(\C)CC/C=C(\C)CCC=C(C)C)cc1-c1ccccc1C)C(=O)O. The van der Waals surface area contributed by atoms with Crippen LogP contribution in [-0.4, -0.2) is 41.6 Å². The number of ether oxygens (including phenoxy) is 1. The second-order valence-electron chi connectivity index (χ2n) is 10.4. The number of aliphatic carboxylic acids is 1. The van der Waals surface area contributed by atoms with Gasteiger partial charge in [0.2, 0.25) is 0 Å². The average molecular weight is 564 g/mol. The lowest BCUT2D eigenvalue weighted by Crippen LogP contribution is -2.41. The minimum absolute atomic E-state index is 0.361. The Kier molecular flexibility index (Phi) is 14.4. The molecule has 0 saturated carbocycles. The van der Waals surface area contributed by atoms with E-state index in [0.717, 1.165) is 42.4 Å². The number of amides is 1. The second kappa shape index (κ2) is 17.4. The number of thioether (sulfide) groups is 1. The van der Waals surface area contributed by atoms with Crippen LogP contribution in [0.3, 0.4) is 0 Å². The van der Waals surface area contributed by atoms with E-state index in [2.05, 4.69) is 51.2 Å². The summed E-state index contributed by atoms with van der Waals surface area (Å²) < 4.78 is 6.06. The highest BCUT2D eigenvalue weighted by Crippen LogP contribution is 2.31. The summed E-state index contributed by atoms with van der Waals surface area (Å²) in [4.78, 5) is 25.0. The predicted molar refractivity (Wildman–Crippen MR) is 169 cm³/mol. The van der Waals surface area contributed by atoms with Crippen LogP contribution in [0.2, 0.25) is 0 Å². The molecule has 2 aromatic carbocycles. The summed E-state index contributed by atoms with van der Waals surface area (Å²) in [5.41, 5.74) is 7.14. The normalized spacial score (nSPS) is 12.6. The molecule has 0 aliphatic rings. The van der Waals surface area contributed by atoms with E-state index in [-0.39, 0.29) is 0 Å². The van der Waals surface area contributed by atoms with Gasteiger partial charge in [0.1, 0.15) is 18.4 Å². The van der Waals surface area contributed by atoms with E-state index in [0.29, 0.717) is 30.1 Å². The van der Waals surface area contributed by atoms with Crippen LogP contribution < -0.4 is 10.1 Å². The zero-order valence-corrected chi connectivity index (χ0v) is 25.7. The van der Waals surface area contributed by atoms with Gasteiger partial charge in [0.05, 0.1) is 0 Å². The third-order valence-corrected chi connectivity index (χ3v) is 7.33. The van der Waals surface area contributed by atoms with Gasteiger partial charge >= 0.3 is 5.97 Å². The third kappa shape index (κ3) is 11.5. The quantitative estimate of drug-likeness (QED) is 0.201. The van der Waals surface area contributed by atoms with Crippen LogP contribution in [0.5, 0.6) is 5.75 Å². The second-order valence-corrected chi connectivity index (χ2v) is 11.4. The summed E-state index contributed by atoms with van der Waals surface area (Å²) in [5, 5.41) is 12.3. The molecule has 0 spiro atoms. The number of carboxylic acid groups (broad SMARTS) is 1. The molecule has 0 aliphatic carbocycles. The molecule has 40 heavy (non-hydrogen) atoms. The third-order valence-electron chi connectivity index (χ3n) is 6.69. The molecule has 0 heterocycles. The molecule has 5 nitrogen and oxygen atoms in total. The van der Waals surface area contributed by atoms with Crippen molar-refractivity contribution in [3.05, 3.63) is 88.5 Å². The highest BCUT2D eigenvalue weighted by atomic mass is 32.2. The van der Waals surface area contributed by atoms with Gasteiger partial charge < -0.3 is 15.2 Å². The zero-order valence-electron chi connectivity index (χ0n) is 24.9. The van der Waals surface area contributed by atoms with E-state index in [9.17, 15) is 14.7 Å². The van der Waals surface area contributed by atoms with E-state index < -0.39 is 17.9 Å². The van der Waals surface area contributed by atoms with Crippen LogP contribution in [0.25, 0.3) is 11.1 Å². The minimum Gasteiger partial charge on any atom is -0.490 e. The average Bonchev–Trinajstić information content (AvgIpc) is 2.90. The molecule has 0 unspecified atom stereocenters. The van der Waals surface area contributed by atoms with Gasteiger partial charge in [0, 0.05) is 5.56 Å². The van der Waals surface area contributed by atoms with Crippen LogP contribution in [0.15, 0.2) is 77.4 Å². The summed E-state index contributed by atoms with van der Waals surface area (Å²) in [5.74, 6) is -0.131. The first kappa shape index (κ1) is 33.0. The highest BCUT2D eigenvalue weighted by molar-refractivity contribution is 7.98. The Labute approximate surface area is 244 Å². The first-order valence-corrected chi connectivity index (χ1v) is 15.3. The summed E-state index contributed by atoms with van der Waals surface area (Å²) in [6, 6.07) is 12.3. The van der Waals surface area contributed by atoms with Crippen LogP contribution in [0, 0.1) is 6.92 Å². The first-order chi connectivity index (χ1) is 19.1. The maximum Gasteiger partial charge on any atom is 0.326 e. The molecule has 2 aromatic rings. The zero-order chi connectivity index (χ0) is 29.5. The molecule has 216 valence electrons. The Balaban J connectivity index is 2.13. The molecule has 0 radical (unpaired) electrons. The highest BCUT2D eigenvalue weighted by Gasteiger charge is 2.23. The van der Waals surface area contributed by atoms with Crippen molar-refractivity contribution in [3.8, 4) is 16.9 Å². The molecule has 2 N–H and O–H groups in total. The molecule has 0 fully saturated rings. The lowest BCUT2D eigenvalue weighted by Gasteiger charge is -2.17. The van der Waals surface area contributed by atoms with Crippen LogP contribution in [0.4, 0.5) is 0 Å². The monoisotopic (exact) mass is 563 g/mol. The van der Waals surface area contributed by atoms with Crippen molar-refractivity contribution in [1.29, 1.82) is 0 Å². The minimum atomic E-state index is -1.03. The van der Waals surface area contributed by atoms with E-state index in [1.807, 2.05) is 43.5 Å². The molecule has 2 rings (SSSR count). The van der Waals surface area contributed by atoms with E-state index in [4.69, 9.17) is 4.74 Å². The number of carboxylic acids is 1. The van der Waals surface area contributed by atoms with E-state index >= 15 is 0 Å². The number of allylic oxidation sites excluding steroid dienone is 5. The lowest BCUT2D eigenvalue weighted by molar-refractivity contribution is -0.139. The van der Waals surface area contributed by atoms with Crippen LogP contribution >= 0.6 is 11.8 Å². The standard InChI is InChI=1S/C34H45NO4S/c1-24(2)11-9-12-25(3)13-10-14-26(4)19-21-39-28-17-18-30(31(23-28)29-16-8-7-15-27(29)5)33(36)35-32(34(37)38)20-22-40-6/h7-8,11,13,15-19,23,32H,9-10,12,14,20-22H2,1-6H3,(H,35,36)(H,37,38)/b25-13+,26-19+/t32-/m0/s1. The van der Waals surface area contributed by atoms with Gasteiger partial charge in [0.25, 0.3) is 5.91 Å². The maximum atomic E-state index is 13.2. The van der Waals surface area contributed by atoms with Crippen molar-refractivity contribution < 1.29 is 19.4 Å². The fourth-order valence-electron chi connectivity index (χ4n) is 4.26. The fraction of sp³-hybridized carbons (Fsp3) is 0.412. The molecule has 6 heteroatoms. The molecular weight excluding hydrogens is 518 g/mol. The number of nitrogens with one attached hydrogen (secondary N) is 1. The molecule has 0 aromatic heterocycles. The number of aryl methyl sites for hydroxylation is 1. The smallest absolute Gasteiger partial charge is 0.326 e. The van der Waals surface area contributed by atoms with Gasteiger partial charge in [-0.15, -0.1) is 0 Å². The Bertz CT molecular complexity index is 1220. The van der Waals surface area contributed by atoms with Crippen molar-refractivity contribution in [2.75, 3.05) is 18.6 Å². The van der Waals surface area contributed by atoms with E-state index in [1.54, 1.807) is 23.9 Å². The van der Waals surface area contributed by atoms with Crippen molar-refractivity contribution >= 4 is 23.6 Å². The number of hydrogen-bond donors (Lipinski definition) is 2. The summed E-state index contributed by atoms with van der Waals surface area (Å²) in [6.45, 7) is 11.0. The van der Waals surface area contributed by atoms with Crippen LogP contribution in [-0.2, 0) is 4.79 Å². The Morgan fingerprint density at radius 1 is 0.950 bits per heavy atom. The number of carbonyl (C=O) groups excluding carboxylic acids is 1. The molecular formula is C34H45NO4S. The summed E-state index contributed by atoms with van der Waals surface area (Å²) in [6.07, 6.45) is 13.2. The summed E-state index contributed by atoms with van der Waals surface area (Å²) >= 11 is 1.55. The molecule has 0 bridgehead atoms. The Morgan fingerprint density at radius 2 is 1.62 bits per heavy atom. The van der Waals surface area contributed by atoms with E-state index in [1.165, 1.54) is 16.7 Å². The maximum absolute atomic E-state index is 13.2. The lowest BCUT2D eigenvalue weighted by atomic mass is 9.95. The van der Waals surface area contributed by atoms with Crippen molar-refractivity contribution in [1.82, 2.24) is 5.32 Å². The Morgan fingerprint density at radius 3 is 2.27 bits per heavy atom. The van der Waals surface area contributed by atoms with Gasteiger partial charge in [-0.2, -0.15) is 11.8 Å². The van der Waals surface area contributed by atoms with Gasteiger partial charge in [-0.3, -0.25) is 4.79 Å². The molecule has 0 saturated heterocycles. The molecule has 0 aliphatic heterocycles. The van der Waals surface area contributed by atoms with Gasteiger partial charge in [-0.1, -0.05) is 53.1 Å². The molecule has 1 atom stereocenters. The molecule has 1 amide bonds. The number of benzene rings is 2.